The van der Waals surface area contributed by atoms with Crippen LogP contribution < -0.4 is 10.5 Å². The van der Waals surface area contributed by atoms with Crippen LogP contribution in [0.5, 0.6) is 5.75 Å². The molecule has 0 spiro atoms. The van der Waals surface area contributed by atoms with Crippen LogP contribution in [0.15, 0.2) is 111 Å². The third-order valence-electron chi connectivity index (χ3n) is 6.67. The standard InChI is InChI=1S/C30H24Cl2N4O6S/c31-22-9-5-19(6-10-22)27-30(39,18-36(34-27)29(33)35-43(40,41)25-15-11-23(32)12-16-25)21-7-13-24(14-8-21)42-17-20-3-1-2-4-26(20)28(37)38/h1-16,39H,17-18H2,(H2,33,35)(H,37,38). The van der Waals surface area contributed by atoms with Crippen molar-refractivity contribution in [2.45, 2.75) is 17.1 Å². The van der Waals surface area contributed by atoms with E-state index in [1.54, 1.807) is 66.7 Å². The molecule has 0 saturated heterocycles. The fourth-order valence-corrected chi connectivity index (χ4v) is 5.65. The number of β-amino-alcohol motifs (C(OH)–C–C–N with tert-alkyl or cyclic N) is 1. The molecule has 4 aromatic carbocycles. The van der Waals surface area contributed by atoms with Crippen LogP contribution in [0.25, 0.3) is 0 Å². The number of halogens is 2. The molecule has 0 aromatic heterocycles. The Bertz CT molecular complexity index is 1830. The third kappa shape index (κ3) is 6.50. The lowest BCUT2D eigenvalue weighted by atomic mass is 9.86. The average molecular weight is 640 g/mol. The average Bonchev–Trinajstić information content (AvgIpc) is 3.35. The van der Waals surface area contributed by atoms with Crippen molar-refractivity contribution in [2.24, 2.45) is 15.2 Å². The summed E-state index contributed by atoms with van der Waals surface area (Å²) in [6.07, 6.45) is 0. The molecule has 0 bridgehead atoms. The molecule has 0 radical (unpaired) electrons. The summed E-state index contributed by atoms with van der Waals surface area (Å²) < 4.78 is 35.3. The Morgan fingerprint density at radius 2 is 1.56 bits per heavy atom. The van der Waals surface area contributed by atoms with E-state index in [4.69, 9.17) is 33.7 Å². The van der Waals surface area contributed by atoms with E-state index in [-0.39, 0.29) is 29.3 Å². The highest BCUT2D eigenvalue weighted by Gasteiger charge is 2.44. The third-order valence-corrected chi connectivity index (χ3v) is 8.47. The molecule has 4 N–H and O–H groups in total. The first-order chi connectivity index (χ1) is 20.5. The number of hydrogen-bond donors (Lipinski definition) is 3. The van der Waals surface area contributed by atoms with Crippen LogP contribution >= 0.6 is 23.2 Å². The number of carboxylic acids is 1. The highest BCUT2D eigenvalue weighted by Crippen LogP contribution is 2.34. The van der Waals surface area contributed by atoms with E-state index in [9.17, 15) is 23.4 Å². The Kier molecular flexibility index (Phi) is 8.43. The van der Waals surface area contributed by atoms with E-state index in [1.165, 1.54) is 30.3 Å². The Balaban J connectivity index is 1.44. The van der Waals surface area contributed by atoms with Gasteiger partial charge < -0.3 is 20.7 Å². The number of hydrazone groups is 1. The maximum absolute atomic E-state index is 12.9. The second-order valence-corrected chi connectivity index (χ2v) is 12.0. The van der Waals surface area contributed by atoms with Gasteiger partial charge in [0.2, 0.25) is 5.96 Å². The highest BCUT2D eigenvalue weighted by atomic mass is 35.5. The molecule has 0 fully saturated rings. The molecule has 1 atom stereocenters. The molecule has 0 aliphatic carbocycles. The number of hydrogen-bond acceptors (Lipinski definition) is 6. The van der Waals surface area contributed by atoms with Crippen molar-refractivity contribution in [1.29, 1.82) is 0 Å². The van der Waals surface area contributed by atoms with Crippen LogP contribution in [0, 0.1) is 0 Å². The monoisotopic (exact) mass is 638 g/mol. The zero-order chi connectivity index (χ0) is 30.8. The molecule has 1 heterocycles. The second kappa shape index (κ2) is 12.1. The molecule has 1 aliphatic rings. The molecular weight excluding hydrogens is 615 g/mol. The van der Waals surface area contributed by atoms with Crippen molar-refractivity contribution in [3.8, 4) is 5.75 Å². The smallest absolute Gasteiger partial charge is 0.336 e. The number of rotatable bonds is 8. The van der Waals surface area contributed by atoms with E-state index >= 15 is 0 Å². The number of carboxylic acid groups (broad SMARTS) is 1. The number of sulfonamides is 1. The predicted molar refractivity (Wildman–Crippen MR) is 163 cm³/mol. The summed E-state index contributed by atoms with van der Waals surface area (Å²) in [6, 6.07) is 25.1. The number of benzene rings is 4. The first-order valence-electron chi connectivity index (χ1n) is 12.7. The minimum Gasteiger partial charge on any atom is -0.489 e. The first-order valence-corrected chi connectivity index (χ1v) is 14.9. The van der Waals surface area contributed by atoms with Gasteiger partial charge in [0.15, 0.2) is 5.60 Å². The lowest BCUT2D eigenvalue weighted by Gasteiger charge is -2.26. The number of nitrogens with two attached hydrogens (primary N) is 1. The normalized spacial score (nSPS) is 17.0. The van der Waals surface area contributed by atoms with Crippen LogP contribution in [0.2, 0.25) is 10.0 Å². The highest BCUT2D eigenvalue weighted by molar-refractivity contribution is 7.90. The topological polar surface area (TPSA) is 155 Å². The molecule has 10 nitrogen and oxygen atoms in total. The Morgan fingerprint density at radius 3 is 2.19 bits per heavy atom. The molecule has 4 aromatic rings. The van der Waals surface area contributed by atoms with Gasteiger partial charge in [-0.1, -0.05) is 65.7 Å². The summed E-state index contributed by atoms with van der Waals surface area (Å²) >= 11 is 11.9. The van der Waals surface area contributed by atoms with Gasteiger partial charge in [-0.3, -0.25) is 0 Å². The van der Waals surface area contributed by atoms with Gasteiger partial charge in [0.05, 0.1) is 17.0 Å². The predicted octanol–water partition coefficient (Wildman–Crippen LogP) is 4.88. The van der Waals surface area contributed by atoms with E-state index in [0.717, 1.165) is 5.01 Å². The van der Waals surface area contributed by atoms with Crippen molar-refractivity contribution in [3.63, 3.8) is 0 Å². The van der Waals surface area contributed by atoms with Crippen LogP contribution in [0.3, 0.4) is 0 Å². The largest absolute Gasteiger partial charge is 0.489 e. The van der Waals surface area contributed by atoms with E-state index < -0.39 is 27.6 Å². The van der Waals surface area contributed by atoms with Gasteiger partial charge >= 0.3 is 5.97 Å². The van der Waals surface area contributed by atoms with Crippen molar-refractivity contribution < 1.29 is 28.2 Å². The summed E-state index contributed by atoms with van der Waals surface area (Å²) in [5, 5.41) is 27.8. The van der Waals surface area contributed by atoms with Crippen molar-refractivity contribution >= 4 is 50.9 Å². The number of guanidine groups is 1. The molecule has 0 amide bonds. The van der Waals surface area contributed by atoms with Crippen molar-refractivity contribution in [1.82, 2.24) is 5.01 Å². The van der Waals surface area contributed by atoms with Crippen LogP contribution in [-0.2, 0) is 22.2 Å². The number of nitrogens with zero attached hydrogens (tertiary/aromatic N) is 3. The quantitative estimate of drug-likeness (QED) is 0.182. The number of aliphatic hydroxyl groups is 1. The van der Waals surface area contributed by atoms with Crippen LogP contribution in [0.1, 0.15) is 27.0 Å². The van der Waals surface area contributed by atoms with E-state index in [0.29, 0.717) is 32.5 Å². The number of ether oxygens (including phenoxy) is 1. The molecule has 220 valence electrons. The molecule has 43 heavy (non-hydrogen) atoms. The number of aromatic carboxylic acids is 1. The number of carbonyl (C=O) groups is 1. The van der Waals surface area contributed by atoms with Gasteiger partial charge in [0.25, 0.3) is 10.0 Å². The molecule has 1 aliphatic heterocycles. The summed E-state index contributed by atoms with van der Waals surface area (Å²) in [4.78, 5) is 11.4. The minimum absolute atomic E-state index is 0.0203. The maximum atomic E-state index is 12.9. The summed E-state index contributed by atoms with van der Waals surface area (Å²) in [6.45, 7) is -0.227. The van der Waals surface area contributed by atoms with Gasteiger partial charge in [-0.25, -0.2) is 9.80 Å². The molecular formula is C30H24Cl2N4O6S. The molecule has 1 unspecified atom stereocenters. The van der Waals surface area contributed by atoms with Gasteiger partial charge in [-0.15, -0.1) is 4.40 Å². The maximum Gasteiger partial charge on any atom is 0.336 e. The molecule has 0 saturated carbocycles. The van der Waals surface area contributed by atoms with E-state index in [1.807, 2.05) is 0 Å². The van der Waals surface area contributed by atoms with Crippen LogP contribution in [0.4, 0.5) is 0 Å². The SMILES string of the molecule is N/C(=N\S(=O)(=O)c1ccc(Cl)cc1)N1CC(O)(c2ccc(OCc3ccccc3C(=O)O)cc2)C(c2ccc(Cl)cc2)=N1. The van der Waals surface area contributed by atoms with Crippen molar-refractivity contribution in [2.75, 3.05) is 6.54 Å². The van der Waals surface area contributed by atoms with Gasteiger partial charge in [0.1, 0.15) is 18.1 Å². The van der Waals surface area contributed by atoms with Gasteiger partial charge in [0, 0.05) is 21.2 Å². The molecule has 13 heteroatoms. The zero-order valence-corrected chi connectivity index (χ0v) is 24.6. The van der Waals surface area contributed by atoms with Gasteiger partial charge in [-0.2, -0.15) is 13.5 Å². The summed E-state index contributed by atoms with van der Waals surface area (Å²) in [5.41, 5.74) is 6.14. The summed E-state index contributed by atoms with van der Waals surface area (Å²) in [7, 11) is -4.21. The van der Waals surface area contributed by atoms with Crippen molar-refractivity contribution in [3.05, 3.63) is 129 Å². The zero-order valence-electron chi connectivity index (χ0n) is 22.3. The second-order valence-electron chi connectivity index (χ2n) is 9.53. The van der Waals surface area contributed by atoms with E-state index in [2.05, 4.69) is 9.50 Å². The Hall–Kier alpha value is -4.42. The van der Waals surface area contributed by atoms with Crippen LogP contribution in [-0.4, -0.2) is 47.8 Å². The fourth-order valence-electron chi connectivity index (χ4n) is 4.47. The minimum atomic E-state index is -4.21. The Labute approximate surface area is 257 Å². The molecule has 5 rings (SSSR count). The first kappa shape index (κ1) is 30.1. The fraction of sp³-hybridized carbons (Fsp3) is 0.100. The lowest BCUT2D eigenvalue weighted by molar-refractivity contribution is 0.0693. The lowest BCUT2D eigenvalue weighted by Crippen LogP contribution is -2.42. The van der Waals surface area contributed by atoms with Gasteiger partial charge in [-0.05, 0) is 60.2 Å². The summed E-state index contributed by atoms with van der Waals surface area (Å²) in [5.74, 6) is -1.07. The Morgan fingerprint density at radius 1 is 0.953 bits per heavy atom.